The summed E-state index contributed by atoms with van der Waals surface area (Å²) in [6, 6.07) is 0. The topological polar surface area (TPSA) is 133 Å². The van der Waals surface area contributed by atoms with Gasteiger partial charge in [-0.25, -0.2) is 4.79 Å². The van der Waals surface area contributed by atoms with Crippen LogP contribution < -0.4 is 11.1 Å². The minimum absolute atomic E-state index is 0.0411. The van der Waals surface area contributed by atoms with E-state index in [1.54, 1.807) is 0 Å². The van der Waals surface area contributed by atoms with Crippen molar-refractivity contribution in [2.45, 2.75) is 146 Å². The van der Waals surface area contributed by atoms with Crippen LogP contribution >= 0.6 is 0 Å². The van der Waals surface area contributed by atoms with Gasteiger partial charge in [-0.1, -0.05) is 12.8 Å². The van der Waals surface area contributed by atoms with Crippen molar-refractivity contribution in [3.63, 3.8) is 0 Å². The Balaban J connectivity index is 1.11. The van der Waals surface area contributed by atoms with Crippen molar-refractivity contribution in [3.8, 4) is 0 Å². The molecule has 0 aromatic heterocycles. The summed E-state index contributed by atoms with van der Waals surface area (Å²) in [7, 11) is 0. The molecule has 2 saturated carbocycles. The normalized spacial score (nSPS) is 48.6. The van der Waals surface area contributed by atoms with Gasteiger partial charge in [0.15, 0.2) is 5.60 Å². The molecule has 0 bridgehead atoms. The lowest BCUT2D eigenvalue weighted by molar-refractivity contribution is -0.257. The number of esters is 1. The molecule has 6 fully saturated rings. The summed E-state index contributed by atoms with van der Waals surface area (Å²) in [5, 5.41) is 14.6. The van der Waals surface area contributed by atoms with Crippen molar-refractivity contribution in [2.75, 3.05) is 6.54 Å². The lowest BCUT2D eigenvalue weighted by atomic mass is 9.66. The summed E-state index contributed by atoms with van der Waals surface area (Å²) in [5.74, 6) is -0.567. The quantitative estimate of drug-likeness (QED) is 0.350. The van der Waals surface area contributed by atoms with Gasteiger partial charge in [-0.15, -0.1) is 0 Å². The Bertz CT molecular complexity index is 967. The Kier molecular flexibility index (Phi) is 7.20. The zero-order valence-electron chi connectivity index (χ0n) is 24.0. The summed E-state index contributed by atoms with van der Waals surface area (Å²) in [6.45, 7) is 8.58. The fraction of sp³-hybridized carbons (Fsp3) is 0.933. The van der Waals surface area contributed by atoms with Crippen LogP contribution in [0.4, 0.5) is 0 Å². The maximum absolute atomic E-state index is 13.6. The number of carbonyl (C=O) groups is 2. The average molecular weight is 549 g/mol. The number of hydrogen-bond acceptors (Lipinski definition) is 9. The minimum atomic E-state index is -0.961. The summed E-state index contributed by atoms with van der Waals surface area (Å²) >= 11 is 0. The lowest BCUT2D eigenvalue weighted by Crippen LogP contribution is -2.63. The Morgan fingerprint density at radius 2 is 1.87 bits per heavy atom. The summed E-state index contributed by atoms with van der Waals surface area (Å²) in [4.78, 5) is 26.4. The Morgan fingerprint density at radius 1 is 1.13 bits per heavy atom. The lowest BCUT2D eigenvalue weighted by Gasteiger charge is -2.53. The SMILES string of the molecule is CC1CC(=O)C2C(CC3OC(C)(C)C(OC(=O)C4(C)OC4CC4(C5CCNC(N)C5)CCCC4)CC3C2O)O1. The second-order valence-corrected chi connectivity index (χ2v) is 14.2. The number of nitrogens with one attached hydrogen (secondary N) is 1. The van der Waals surface area contributed by atoms with Crippen molar-refractivity contribution in [1.29, 1.82) is 0 Å². The van der Waals surface area contributed by atoms with E-state index in [1.165, 1.54) is 25.7 Å². The molecule has 6 aliphatic rings. The van der Waals surface area contributed by atoms with Gasteiger partial charge in [-0.2, -0.15) is 0 Å². The van der Waals surface area contributed by atoms with E-state index in [1.807, 2.05) is 27.7 Å². The third kappa shape index (κ3) is 4.99. The zero-order valence-corrected chi connectivity index (χ0v) is 24.0. The summed E-state index contributed by atoms with van der Waals surface area (Å²) in [6.07, 6.45) is 6.84. The standard InChI is InChI=1S/C30H48N2O7/c1-16-11-19(33)25-21(36-16)14-20-18(26(25)34)13-22(28(2,3)38-20)37-27(35)29(4)23(39-29)15-30(8-5-6-9-30)17-7-10-32-24(31)12-17/h16-18,20-26,32,34H,5-15,31H2,1-4H3. The third-order valence-electron chi connectivity index (χ3n) is 11.2. The van der Waals surface area contributed by atoms with Crippen molar-refractivity contribution >= 4 is 11.8 Å². The molecule has 4 saturated heterocycles. The number of hydrogen-bond donors (Lipinski definition) is 3. The van der Waals surface area contributed by atoms with Crippen molar-refractivity contribution < 1.29 is 33.6 Å². The van der Waals surface area contributed by atoms with Gasteiger partial charge in [0, 0.05) is 18.8 Å². The number of fused-ring (bicyclic) bond motifs is 2. The first-order valence-electron chi connectivity index (χ1n) is 15.3. The average Bonchev–Trinajstić information content (AvgIpc) is 3.27. The summed E-state index contributed by atoms with van der Waals surface area (Å²) < 4.78 is 24.8. The van der Waals surface area contributed by atoms with E-state index in [-0.39, 0.29) is 53.7 Å². The molecule has 39 heavy (non-hydrogen) atoms. The Morgan fingerprint density at radius 3 is 2.59 bits per heavy atom. The van der Waals surface area contributed by atoms with Crippen molar-refractivity contribution in [3.05, 3.63) is 0 Å². The molecule has 11 unspecified atom stereocenters. The molecule has 4 heterocycles. The number of aliphatic hydroxyl groups is 1. The van der Waals surface area contributed by atoms with Crippen LogP contribution in [-0.4, -0.2) is 77.4 Å². The van der Waals surface area contributed by atoms with Gasteiger partial charge < -0.3 is 35.1 Å². The number of Topliss-reactive ketones (excluding diaryl/α,β-unsaturated/α-hetero) is 1. The second kappa shape index (κ2) is 10.0. The number of aliphatic hydroxyl groups excluding tert-OH is 1. The molecule has 6 rings (SSSR count). The number of piperidine rings is 1. The van der Waals surface area contributed by atoms with E-state index >= 15 is 0 Å². The molecule has 0 aromatic carbocycles. The molecule has 4 aliphatic heterocycles. The molecule has 4 N–H and O–H groups in total. The second-order valence-electron chi connectivity index (χ2n) is 14.2. The van der Waals surface area contributed by atoms with Crippen LogP contribution in [0.1, 0.15) is 91.9 Å². The largest absolute Gasteiger partial charge is 0.457 e. The monoisotopic (exact) mass is 548 g/mol. The van der Waals surface area contributed by atoms with E-state index in [0.29, 0.717) is 25.2 Å². The van der Waals surface area contributed by atoms with Gasteiger partial charge >= 0.3 is 5.97 Å². The molecule has 9 nitrogen and oxygen atoms in total. The molecule has 0 spiro atoms. The molecule has 9 heteroatoms. The van der Waals surface area contributed by atoms with Gasteiger partial charge in [-0.05, 0) is 84.1 Å². The highest BCUT2D eigenvalue weighted by atomic mass is 16.7. The molecule has 2 aliphatic carbocycles. The Hall–Kier alpha value is -1.10. The fourth-order valence-corrected chi connectivity index (χ4v) is 8.83. The molecule has 220 valence electrons. The van der Waals surface area contributed by atoms with Gasteiger partial charge in [0.25, 0.3) is 0 Å². The van der Waals surface area contributed by atoms with Gasteiger partial charge in [0.2, 0.25) is 0 Å². The molecule has 0 aromatic rings. The molecule has 0 amide bonds. The smallest absolute Gasteiger partial charge is 0.341 e. The fourth-order valence-electron chi connectivity index (χ4n) is 8.83. The number of rotatable bonds is 5. The van der Waals surface area contributed by atoms with Crippen LogP contribution in [0.2, 0.25) is 0 Å². The first-order valence-corrected chi connectivity index (χ1v) is 15.3. The van der Waals surface area contributed by atoms with Crippen molar-refractivity contribution in [2.24, 2.45) is 28.9 Å². The van der Waals surface area contributed by atoms with E-state index < -0.39 is 29.3 Å². The third-order valence-corrected chi connectivity index (χ3v) is 11.2. The van der Waals surface area contributed by atoms with Crippen LogP contribution in [0.3, 0.4) is 0 Å². The Labute approximate surface area is 232 Å². The maximum Gasteiger partial charge on any atom is 0.341 e. The highest BCUT2D eigenvalue weighted by molar-refractivity contribution is 5.84. The van der Waals surface area contributed by atoms with Gasteiger partial charge in [0.05, 0.1) is 48.2 Å². The first kappa shape index (κ1) is 28.0. The predicted molar refractivity (Wildman–Crippen MR) is 143 cm³/mol. The van der Waals surface area contributed by atoms with E-state index in [2.05, 4.69) is 5.32 Å². The predicted octanol–water partition coefficient (Wildman–Crippen LogP) is 2.60. The number of epoxide rings is 1. The van der Waals surface area contributed by atoms with Crippen LogP contribution in [0.15, 0.2) is 0 Å². The maximum atomic E-state index is 13.6. The van der Waals surface area contributed by atoms with Gasteiger partial charge in [0.1, 0.15) is 11.9 Å². The van der Waals surface area contributed by atoms with E-state index in [9.17, 15) is 14.7 Å². The van der Waals surface area contributed by atoms with Gasteiger partial charge in [-0.3, -0.25) is 4.79 Å². The molecule has 0 radical (unpaired) electrons. The van der Waals surface area contributed by atoms with E-state index in [4.69, 9.17) is 24.7 Å². The minimum Gasteiger partial charge on any atom is -0.457 e. The number of nitrogens with two attached hydrogens (primary N) is 1. The first-order chi connectivity index (χ1) is 18.4. The van der Waals surface area contributed by atoms with Crippen molar-refractivity contribution in [1.82, 2.24) is 5.32 Å². The molecular weight excluding hydrogens is 500 g/mol. The van der Waals surface area contributed by atoms with Crippen LogP contribution in [0.5, 0.6) is 0 Å². The van der Waals surface area contributed by atoms with Crippen LogP contribution in [0.25, 0.3) is 0 Å². The van der Waals surface area contributed by atoms with E-state index in [0.717, 1.165) is 25.8 Å². The highest BCUT2D eigenvalue weighted by Gasteiger charge is 2.64. The van der Waals surface area contributed by atoms with Crippen LogP contribution in [0, 0.1) is 23.2 Å². The number of ether oxygens (including phenoxy) is 4. The number of carbonyl (C=O) groups excluding carboxylic acids is 2. The number of ketones is 1. The zero-order chi connectivity index (χ0) is 27.7. The molecular formula is C30H48N2O7. The molecule has 11 atom stereocenters. The van der Waals surface area contributed by atoms with Crippen LogP contribution in [-0.2, 0) is 28.5 Å². The summed E-state index contributed by atoms with van der Waals surface area (Å²) in [5.41, 5.74) is 4.75. The highest BCUT2D eigenvalue weighted by Crippen LogP contribution is 2.56.